The fourth-order valence-electron chi connectivity index (χ4n) is 0.475. The summed E-state index contributed by atoms with van der Waals surface area (Å²) >= 11 is 0. The standard InChI is InChI=1S/C7H11F4O/c1-2-3-4-12-5-7(10,11)6(8)9/h6H,1-5H2. The molecular weight excluding hydrogens is 176 g/mol. The van der Waals surface area contributed by atoms with Crippen molar-refractivity contribution in [2.75, 3.05) is 13.2 Å². The van der Waals surface area contributed by atoms with Crippen molar-refractivity contribution in [3.8, 4) is 0 Å². The maximum atomic E-state index is 12.1. The highest BCUT2D eigenvalue weighted by Crippen LogP contribution is 2.22. The van der Waals surface area contributed by atoms with E-state index in [2.05, 4.69) is 11.7 Å². The topological polar surface area (TPSA) is 9.23 Å². The fraction of sp³-hybridized carbons (Fsp3) is 0.857. The van der Waals surface area contributed by atoms with Crippen LogP contribution in [0.2, 0.25) is 0 Å². The van der Waals surface area contributed by atoms with E-state index in [1.807, 2.05) is 0 Å². The lowest BCUT2D eigenvalue weighted by Crippen LogP contribution is -2.32. The number of unbranched alkanes of at least 4 members (excludes halogenated alkanes) is 1. The number of rotatable bonds is 6. The average Bonchev–Trinajstić information content (AvgIpc) is 1.98. The molecule has 0 atom stereocenters. The average molecular weight is 187 g/mol. The third-order valence-electron chi connectivity index (χ3n) is 1.15. The van der Waals surface area contributed by atoms with E-state index in [-0.39, 0.29) is 6.61 Å². The zero-order valence-corrected chi connectivity index (χ0v) is 6.53. The molecule has 1 nitrogen and oxygen atoms in total. The van der Waals surface area contributed by atoms with Crippen LogP contribution >= 0.6 is 0 Å². The Labute approximate surface area is 68.7 Å². The van der Waals surface area contributed by atoms with E-state index in [4.69, 9.17) is 0 Å². The van der Waals surface area contributed by atoms with Gasteiger partial charge in [-0.2, -0.15) is 8.78 Å². The molecule has 0 bridgehead atoms. The number of ether oxygens (including phenoxy) is 1. The first-order valence-corrected chi connectivity index (χ1v) is 3.53. The van der Waals surface area contributed by atoms with Crippen LogP contribution in [0.3, 0.4) is 0 Å². The number of halogens is 4. The maximum Gasteiger partial charge on any atom is 0.330 e. The second-order valence-corrected chi connectivity index (χ2v) is 2.32. The molecular formula is C7H11F4O. The zero-order valence-electron chi connectivity index (χ0n) is 6.53. The normalized spacial score (nSPS) is 12.5. The van der Waals surface area contributed by atoms with E-state index < -0.39 is 19.0 Å². The molecule has 0 rings (SSSR count). The summed E-state index contributed by atoms with van der Waals surface area (Å²) in [6.45, 7) is 2.27. The molecule has 0 saturated carbocycles. The van der Waals surface area contributed by atoms with Crippen LogP contribution in [0.1, 0.15) is 12.8 Å². The minimum Gasteiger partial charge on any atom is -0.375 e. The smallest absolute Gasteiger partial charge is 0.330 e. The fourth-order valence-corrected chi connectivity index (χ4v) is 0.475. The Morgan fingerprint density at radius 1 is 1.33 bits per heavy atom. The van der Waals surface area contributed by atoms with Gasteiger partial charge in [0.2, 0.25) is 0 Å². The molecule has 12 heavy (non-hydrogen) atoms. The molecule has 5 heteroatoms. The van der Waals surface area contributed by atoms with Gasteiger partial charge in [0.05, 0.1) is 0 Å². The Kier molecular flexibility index (Phi) is 5.20. The molecule has 0 aromatic heterocycles. The van der Waals surface area contributed by atoms with Gasteiger partial charge in [0, 0.05) is 6.61 Å². The minimum absolute atomic E-state index is 0.0474. The summed E-state index contributed by atoms with van der Waals surface area (Å²) in [4.78, 5) is 0. The Morgan fingerprint density at radius 3 is 2.33 bits per heavy atom. The molecule has 0 aliphatic carbocycles. The molecule has 0 saturated heterocycles. The summed E-state index contributed by atoms with van der Waals surface area (Å²) in [5, 5.41) is 0. The van der Waals surface area contributed by atoms with Gasteiger partial charge in [0.15, 0.2) is 0 Å². The third kappa shape index (κ3) is 4.54. The minimum atomic E-state index is -4.03. The first-order chi connectivity index (χ1) is 5.50. The molecule has 0 aromatic rings. The Bertz CT molecular complexity index is 116. The van der Waals surface area contributed by atoms with E-state index in [0.29, 0.717) is 12.8 Å². The van der Waals surface area contributed by atoms with Crippen LogP contribution in [-0.4, -0.2) is 25.6 Å². The molecule has 0 spiro atoms. The molecule has 0 heterocycles. The van der Waals surface area contributed by atoms with Crippen LogP contribution < -0.4 is 0 Å². The van der Waals surface area contributed by atoms with Crippen molar-refractivity contribution in [1.82, 2.24) is 0 Å². The molecule has 73 valence electrons. The van der Waals surface area contributed by atoms with Gasteiger partial charge in [-0.15, -0.1) is 0 Å². The molecule has 0 fully saturated rings. The number of hydrogen-bond donors (Lipinski definition) is 0. The van der Waals surface area contributed by atoms with Crippen molar-refractivity contribution in [3.63, 3.8) is 0 Å². The number of alkyl halides is 4. The van der Waals surface area contributed by atoms with Crippen molar-refractivity contribution in [1.29, 1.82) is 0 Å². The molecule has 0 aliphatic rings. The molecule has 0 amide bonds. The van der Waals surface area contributed by atoms with Gasteiger partial charge < -0.3 is 4.74 Å². The van der Waals surface area contributed by atoms with Gasteiger partial charge in [-0.1, -0.05) is 13.3 Å². The lowest BCUT2D eigenvalue weighted by Gasteiger charge is -2.14. The summed E-state index contributed by atoms with van der Waals surface area (Å²) < 4.78 is 51.5. The second-order valence-electron chi connectivity index (χ2n) is 2.32. The monoisotopic (exact) mass is 187 g/mol. The van der Waals surface area contributed by atoms with Crippen molar-refractivity contribution in [3.05, 3.63) is 6.92 Å². The molecule has 0 aromatic carbocycles. The number of hydrogen-bond acceptors (Lipinski definition) is 1. The van der Waals surface area contributed by atoms with Crippen LogP contribution in [-0.2, 0) is 4.74 Å². The van der Waals surface area contributed by atoms with Gasteiger partial charge in [-0.25, -0.2) is 8.78 Å². The highest BCUT2D eigenvalue weighted by molar-refractivity contribution is 4.67. The summed E-state index contributed by atoms with van der Waals surface area (Å²) in [6.07, 6.45) is -2.61. The van der Waals surface area contributed by atoms with Crippen LogP contribution in [0.25, 0.3) is 0 Å². The molecule has 1 radical (unpaired) electrons. The van der Waals surface area contributed by atoms with Gasteiger partial charge in [0.25, 0.3) is 0 Å². The first kappa shape index (κ1) is 11.7. The third-order valence-corrected chi connectivity index (χ3v) is 1.15. The van der Waals surface area contributed by atoms with Gasteiger partial charge in [0.1, 0.15) is 6.61 Å². The van der Waals surface area contributed by atoms with Gasteiger partial charge >= 0.3 is 12.3 Å². The highest BCUT2D eigenvalue weighted by atomic mass is 19.3. The molecule has 0 N–H and O–H groups in total. The van der Waals surface area contributed by atoms with E-state index in [9.17, 15) is 17.6 Å². The lowest BCUT2D eigenvalue weighted by atomic mass is 10.3. The SMILES string of the molecule is [CH2]CCCOCC(F)(F)C(F)F. The summed E-state index contributed by atoms with van der Waals surface area (Å²) in [6, 6.07) is 0. The Balaban J connectivity index is 3.47. The maximum absolute atomic E-state index is 12.1. The van der Waals surface area contributed by atoms with Crippen LogP contribution in [0, 0.1) is 6.92 Å². The van der Waals surface area contributed by atoms with E-state index >= 15 is 0 Å². The lowest BCUT2D eigenvalue weighted by molar-refractivity contribution is -0.165. The van der Waals surface area contributed by atoms with Gasteiger partial charge in [-0.3, -0.25) is 0 Å². The largest absolute Gasteiger partial charge is 0.375 e. The van der Waals surface area contributed by atoms with Crippen molar-refractivity contribution in [2.24, 2.45) is 0 Å². The van der Waals surface area contributed by atoms with E-state index in [1.54, 1.807) is 0 Å². The molecule has 0 aliphatic heterocycles. The van der Waals surface area contributed by atoms with Crippen LogP contribution in [0.15, 0.2) is 0 Å². The van der Waals surface area contributed by atoms with Crippen LogP contribution in [0.4, 0.5) is 17.6 Å². The quantitative estimate of drug-likeness (QED) is 0.458. The van der Waals surface area contributed by atoms with Crippen LogP contribution in [0.5, 0.6) is 0 Å². The predicted octanol–water partition coefficient (Wildman–Crippen LogP) is 2.52. The van der Waals surface area contributed by atoms with Crippen molar-refractivity contribution in [2.45, 2.75) is 25.2 Å². The summed E-state index contributed by atoms with van der Waals surface area (Å²) in [7, 11) is 0. The Morgan fingerprint density at radius 2 is 1.92 bits per heavy atom. The molecule has 0 unspecified atom stereocenters. The van der Waals surface area contributed by atoms with E-state index in [0.717, 1.165) is 0 Å². The van der Waals surface area contributed by atoms with Crippen molar-refractivity contribution < 1.29 is 22.3 Å². The highest BCUT2D eigenvalue weighted by Gasteiger charge is 2.40. The summed E-state index contributed by atoms with van der Waals surface area (Å²) in [5.74, 6) is -4.03. The van der Waals surface area contributed by atoms with Gasteiger partial charge in [-0.05, 0) is 6.42 Å². The second kappa shape index (κ2) is 5.35. The first-order valence-electron chi connectivity index (χ1n) is 3.53. The zero-order chi connectivity index (χ0) is 9.61. The summed E-state index contributed by atoms with van der Waals surface area (Å²) in [5.41, 5.74) is 0. The predicted molar refractivity (Wildman–Crippen MR) is 36.4 cm³/mol. The Hall–Kier alpha value is -0.320. The van der Waals surface area contributed by atoms with E-state index in [1.165, 1.54) is 0 Å². The van der Waals surface area contributed by atoms with Crippen molar-refractivity contribution >= 4 is 0 Å².